The van der Waals surface area contributed by atoms with Crippen molar-refractivity contribution in [2.75, 3.05) is 0 Å². The molecule has 1 aromatic heterocycles. The van der Waals surface area contributed by atoms with E-state index in [0.29, 0.717) is 11.4 Å². The minimum atomic E-state index is -1.10. The maximum atomic E-state index is 12.6. The van der Waals surface area contributed by atoms with Crippen LogP contribution in [0.4, 0.5) is 4.39 Å². The number of aromatic nitrogens is 2. The fourth-order valence-electron chi connectivity index (χ4n) is 1.24. The summed E-state index contributed by atoms with van der Waals surface area (Å²) in [6, 6.07) is 6.93. The van der Waals surface area contributed by atoms with E-state index >= 15 is 0 Å². The van der Waals surface area contributed by atoms with Gasteiger partial charge < -0.3 is 9.84 Å². The third-order valence-corrected chi connectivity index (χ3v) is 2.06. The van der Waals surface area contributed by atoms with Crippen molar-refractivity contribution in [2.24, 2.45) is 0 Å². The van der Waals surface area contributed by atoms with E-state index in [1.54, 1.807) is 0 Å². The van der Waals surface area contributed by atoms with Gasteiger partial charge in [0.25, 0.3) is 0 Å². The average Bonchev–Trinajstić information content (AvgIpc) is 2.77. The maximum Gasteiger partial charge on any atom is 0.356 e. The molecule has 0 saturated carbocycles. The molecule has 1 heterocycles. The number of carbonyl (C=O) groups is 1. The second kappa shape index (κ2) is 4.65. The van der Waals surface area contributed by atoms with Crippen LogP contribution in [0.2, 0.25) is 0 Å². The Hall–Kier alpha value is -2.37. The minimum absolute atomic E-state index is 0.0669. The van der Waals surface area contributed by atoms with E-state index in [1.165, 1.54) is 30.3 Å². The lowest BCUT2D eigenvalue weighted by molar-refractivity contribution is 0.0690. The summed E-state index contributed by atoms with van der Waals surface area (Å²) in [4.78, 5) is 10.6. The highest BCUT2D eigenvalue weighted by Gasteiger charge is 2.08. The van der Waals surface area contributed by atoms with Crippen LogP contribution in [0, 0.1) is 5.82 Å². The predicted molar refractivity (Wildman–Crippen MR) is 56.3 cm³/mol. The van der Waals surface area contributed by atoms with Gasteiger partial charge in [-0.15, -0.1) is 0 Å². The first-order valence-electron chi connectivity index (χ1n) is 4.81. The number of aromatic carboxylic acids is 1. The van der Waals surface area contributed by atoms with Crippen LogP contribution < -0.4 is 4.74 Å². The molecular weight excluding hydrogens is 227 g/mol. The summed E-state index contributed by atoms with van der Waals surface area (Å²) in [6.45, 7) is 0.145. The summed E-state index contributed by atoms with van der Waals surface area (Å²) in [5, 5.41) is 14.8. The number of nitrogens with zero attached hydrogens (tertiary/aromatic N) is 1. The van der Waals surface area contributed by atoms with Gasteiger partial charge in [-0.2, -0.15) is 5.10 Å². The number of carboxylic acids is 1. The molecule has 0 spiro atoms. The van der Waals surface area contributed by atoms with Crippen LogP contribution in [-0.2, 0) is 6.61 Å². The van der Waals surface area contributed by atoms with Gasteiger partial charge in [-0.25, -0.2) is 9.18 Å². The van der Waals surface area contributed by atoms with Gasteiger partial charge in [0.2, 0.25) is 0 Å². The summed E-state index contributed by atoms with van der Waals surface area (Å²) < 4.78 is 17.9. The first-order valence-corrected chi connectivity index (χ1v) is 4.81. The molecule has 0 aliphatic rings. The minimum Gasteiger partial charge on any atom is -0.487 e. The van der Waals surface area contributed by atoms with E-state index in [4.69, 9.17) is 9.84 Å². The smallest absolute Gasteiger partial charge is 0.356 e. The zero-order valence-electron chi connectivity index (χ0n) is 8.68. The standard InChI is InChI=1S/C11H9FN2O3/c12-7-1-3-9(4-2-7)17-6-8-5-10(11(15)16)14-13-8/h1-5H,6H2,(H,13,14)(H,15,16). The van der Waals surface area contributed by atoms with Gasteiger partial charge in [-0.05, 0) is 30.3 Å². The quantitative estimate of drug-likeness (QED) is 0.849. The van der Waals surface area contributed by atoms with Crippen molar-refractivity contribution in [2.45, 2.75) is 6.61 Å². The molecule has 0 radical (unpaired) electrons. The van der Waals surface area contributed by atoms with Crippen molar-refractivity contribution >= 4 is 5.97 Å². The molecule has 0 saturated heterocycles. The van der Waals surface area contributed by atoms with Gasteiger partial charge in [0.05, 0.1) is 5.69 Å². The van der Waals surface area contributed by atoms with Crippen LogP contribution in [0.3, 0.4) is 0 Å². The summed E-state index contributed by atoms with van der Waals surface area (Å²) in [5.74, 6) is -0.945. The number of H-pyrrole nitrogens is 1. The topological polar surface area (TPSA) is 75.2 Å². The summed E-state index contributed by atoms with van der Waals surface area (Å²) in [7, 11) is 0. The Morgan fingerprint density at radius 1 is 1.41 bits per heavy atom. The van der Waals surface area contributed by atoms with Crippen molar-refractivity contribution < 1.29 is 19.0 Å². The Labute approximate surface area is 95.9 Å². The van der Waals surface area contributed by atoms with Crippen molar-refractivity contribution in [3.8, 4) is 5.75 Å². The van der Waals surface area contributed by atoms with Gasteiger partial charge in [0, 0.05) is 0 Å². The number of rotatable bonds is 4. The maximum absolute atomic E-state index is 12.6. The van der Waals surface area contributed by atoms with E-state index < -0.39 is 5.97 Å². The van der Waals surface area contributed by atoms with Gasteiger partial charge in [0.15, 0.2) is 5.69 Å². The normalized spacial score (nSPS) is 10.2. The second-order valence-corrected chi connectivity index (χ2v) is 3.33. The molecule has 0 atom stereocenters. The third kappa shape index (κ3) is 2.81. The number of carboxylic acid groups (broad SMARTS) is 1. The zero-order chi connectivity index (χ0) is 12.3. The summed E-state index contributed by atoms with van der Waals surface area (Å²) in [5.41, 5.74) is 0.467. The molecule has 6 heteroatoms. The van der Waals surface area contributed by atoms with Gasteiger partial charge in [-0.3, -0.25) is 5.10 Å². The zero-order valence-corrected chi connectivity index (χ0v) is 8.68. The van der Waals surface area contributed by atoms with Gasteiger partial charge in [-0.1, -0.05) is 0 Å². The molecule has 0 fully saturated rings. The van der Waals surface area contributed by atoms with Gasteiger partial charge >= 0.3 is 5.97 Å². The molecule has 0 unspecified atom stereocenters. The molecule has 0 aliphatic heterocycles. The largest absolute Gasteiger partial charge is 0.487 e. The van der Waals surface area contributed by atoms with E-state index in [2.05, 4.69) is 10.2 Å². The number of benzene rings is 1. The third-order valence-electron chi connectivity index (χ3n) is 2.06. The molecule has 0 aliphatic carbocycles. The fraction of sp³-hybridized carbons (Fsp3) is 0.0909. The van der Waals surface area contributed by atoms with Crippen LogP contribution in [0.1, 0.15) is 16.2 Å². The molecular formula is C11H9FN2O3. The van der Waals surface area contributed by atoms with Crippen LogP contribution in [0.15, 0.2) is 30.3 Å². The van der Waals surface area contributed by atoms with E-state index in [-0.39, 0.29) is 18.1 Å². The number of aromatic amines is 1. The molecule has 0 amide bonds. The number of ether oxygens (including phenoxy) is 1. The number of halogens is 1. The van der Waals surface area contributed by atoms with Crippen molar-refractivity contribution in [3.63, 3.8) is 0 Å². The SMILES string of the molecule is O=C(O)c1cc(COc2ccc(F)cc2)[nH]n1. The first kappa shape index (κ1) is 11.1. The van der Waals surface area contributed by atoms with Crippen LogP contribution >= 0.6 is 0 Å². The summed E-state index contributed by atoms with van der Waals surface area (Å²) >= 11 is 0. The number of hydrogen-bond acceptors (Lipinski definition) is 3. The van der Waals surface area contributed by atoms with E-state index in [0.717, 1.165) is 0 Å². The Kier molecular flexibility index (Phi) is 3.04. The fourth-order valence-corrected chi connectivity index (χ4v) is 1.24. The highest BCUT2D eigenvalue weighted by Crippen LogP contribution is 2.13. The Morgan fingerprint density at radius 2 is 2.12 bits per heavy atom. The highest BCUT2D eigenvalue weighted by atomic mass is 19.1. The van der Waals surface area contributed by atoms with Gasteiger partial charge in [0.1, 0.15) is 18.2 Å². The van der Waals surface area contributed by atoms with Crippen molar-refractivity contribution in [1.82, 2.24) is 10.2 Å². The Bertz CT molecular complexity index is 522. The number of hydrogen-bond donors (Lipinski definition) is 2. The molecule has 0 bridgehead atoms. The lowest BCUT2D eigenvalue weighted by Gasteiger charge is -2.03. The second-order valence-electron chi connectivity index (χ2n) is 3.33. The molecule has 1 aromatic carbocycles. The molecule has 88 valence electrons. The van der Waals surface area contributed by atoms with Crippen molar-refractivity contribution in [1.29, 1.82) is 0 Å². The summed E-state index contributed by atoms with van der Waals surface area (Å²) in [6.07, 6.45) is 0. The molecule has 2 rings (SSSR count). The Balaban J connectivity index is 1.97. The van der Waals surface area contributed by atoms with Crippen molar-refractivity contribution in [3.05, 3.63) is 47.5 Å². The van der Waals surface area contributed by atoms with E-state index in [1.807, 2.05) is 0 Å². The molecule has 5 nitrogen and oxygen atoms in total. The Morgan fingerprint density at radius 3 is 2.71 bits per heavy atom. The van der Waals surface area contributed by atoms with E-state index in [9.17, 15) is 9.18 Å². The molecule has 17 heavy (non-hydrogen) atoms. The van der Waals surface area contributed by atoms with Crippen LogP contribution in [0.5, 0.6) is 5.75 Å². The number of nitrogens with one attached hydrogen (secondary N) is 1. The van der Waals surface area contributed by atoms with Crippen LogP contribution in [-0.4, -0.2) is 21.3 Å². The molecule has 2 N–H and O–H groups in total. The highest BCUT2D eigenvalue weighted by molar-refractivity contribution is 5.85. The van der Waals surface area contributed by atoms with Crippen LogP contribution in [0.25, 0.3) is 0 Å². The lowest BCUT2D eigenvalue weighted by Crippen LogP contribution is -1.96. The average molecular weight is 236 g/mol. The molecule has 2 aromatic rings. The first-order chi connectivity index (χ1) is 8.15. The lowest BCUT2D eigenvalue weighted by atomic mass is 10.3. The monoisotopic (exact) mass is 236 g/mol. The predicted octanol–water partition coefficient (Wildman–Crippen LogP) is 1.83.